The Morgan fingerprint density at radius 3 is 2.79 bits per heavy atom. The molecule has 2 rings (SSSR count). The van der Waals surface area contributed by atoms with Crippen molar-refractivity contribution in [2.24, 2.45) is 5.92 Å². The van der Waals surface area contributed by atoms with E-state index in [-0.39, 0.29) is 11.8 Å². The summed E-state index contributed by atoms with van der Waals surface area (Å²) < 4.78 is 0. The number of nitro groups is 1. The summed E-state index contributed by atoms with van der Waals surface area (Å²) >= 11 is 0. The number of nitrogens with one attached hydrogen (secondary N) is 2. The molecule has 0 aliphatic heterocycles. The number of hydrogen-bond donors (Lipinski definition) is 3. The smallest absolute Gasteiger partial charge is 0.276 e. The molecule has 2 atom stereocenters. The summed E-state index contributed by atoms with van der Waals surface area (Å²) in [6, 6.07) is 2.82. The summed E-state index contributed by atoms with van der Waals surface area (Å²) in [6.07, 6.45) is 2.37. The van der Waals surface area contributed by atoms with Crippen LogP contribution < -0.4 is 10.6 Å². The van der Waals surface area contributed by atoms with Crippen LogP contribution in [0, 0.1) is 16.0 Å². The normalized spacial score (nSPS) is 22.2. The van der Waals surface area contributed by atoms with Gasteiger partial charge >= 0.3 is 0 Å². The summed E-state index contributed by atoms with van der Waals surface area (Å²) in [7, 11) is 1.67. The first-order valence-electron chi connectivity index (χ1n) is 6.34. The summed E-state index contributed by atoms with van der Waals surface area (Å²) in [5, 5.41) is 26.2. The fourth-order valence-corrected chi connectivity index (χ4v) is 2.32. The third-order valence-corrected chi connectivity index (χ3v) is 3.36. The fourth-order valence-electron chi connectivity index (χ4n) is 2.32. The predicted molar refractivity (Wildman–Crippen MR) is 72.3 cm³/mol. The zero-order valence-electron chi connectivity index (χ0n) is 10.8. The minimum absolute atomic E-state index is 0.00769. The van der Waals surface area contributed by atoms with E-state index in [1.165, 1.54) is 12.1 Å². The zero-order chi connectivity index (χ0) is 13.8. The average Bonchev–Trinajstić information content (AvgIpc) is 2.81. The summed E-state index contributed by atoms with van der Waals surface area (Å²) in [4.78, 5) is 14.6. The quantitative estimate of drug-likeness (QED) is 0.553. The lowest BCUT2D eigenvalue weighted by atomic mass is 10.1. The minimum atomic E-state index is -0.437. The Morgan fingerprint density at radius 1 is 1.47 bits per heavy atom. The summed E-state index contributed by atoms with van der Waals surface area (Å²) in [6.45, 7) is 0.675. The second kappa shape index (κ2) is 5.83. The maximum atomic E-state index is 10.8. The van der Waals surface area contributed by atoms with Crippen LogP contribution in [0.2, 0.25) is 0 Å². The standard InChI is InChI=1S/C12H18N4O3/c1-13-11-5-9(16(18)19)6-12(15-11)14-7-8-2-3-10(17)4-8/h5-6,8,10,17H,2-4,7H2,1H3,(H2,13,14,15). The van der Waals surface area contributed by atoms with E-state index in [4.69, 9.17) is 0 Å². The highest BCUT2D eigenvalue weighted by Crippen LogP contribution is 2.26. The van der Waals surface area contributed by atoms with Crippen molar-refractivity contribution in [3.63, 3.8) is 0 Å². The van der Waals surface area contributed by atoms with Crippen molar-refractivity contribution in [2.75, 3.05) is 24.2 Å². The average molecular weight is 266 g/mol. The lowest BCUT2D eigenvalue weighted by molar-refractivity contribution is -0.384. The van der Waals surface area contributed by atoms with Crippen LogP contribution in [-0.2, 0) is 0 Å². The summed E-state index contributed by atoms with van der Waals surface area (Å²) in [5.41, 5.74) is 0.00769. The first-order chi connectivity index (χ1) is 9.08. The van der Waals surface area contributed by atoms with Crippen molar-refractivity contribution in [1.82, 2.24) is 4.98 Å². The van der Waals surface area contributed by atoms with Gasteiger partial charge in [0, 0.05) is 13.6 Å². The van der Waals surface area contributed by atoms with E-state index in [1.54, 1.807) is 7.05 Å². The van der Waals surface area contributed by atoms with E-state index >= 15 is 0 Å². The third-order valence-electron chi connectivity index (χ3n) is 3.36. The Morgan fingerprint density at radius 2 is 2.21 bits per heavy atom. The monoisotopic (exact) mass is 266 g/mol. The zero-order valence-corrected chi connectivity index (χ0v) is 10.8. The van der Waals surface area contributed by atoms with Crippen LogP contribution in [0.25, 0.3) is 0 Å². The molecule has 1 saturated carbocycles. The number of aromatic nitrogens is 1. The first-order valence-corrected chi connectivity index (χ1v) is 6.34. The fraction of sp³-hybridized carbons (Fsp3) is 0.583. The van der Waals surface area contributed by atoms with Crippen LogP contribution in [0.15, 0.2) is 12.1 Å². The summed E-state index contributed by atoms with van der Waals surface area (Å²) in [5.74, 6) is 1.34. The number of aliphatic hydroxyl groups is 1. The van der Waals surface area contributed by atoms with Gasteiger partial charge in [-0.25, -0.2) is 4.98 Å². The number of anilines is 2. The molecule has 1 aliphatic carbocycles. The molecule has 1 aliphatic rings. The number of aliphatic hydroxyl groups excluding tert-OH is 1. The van der Waals surface area contributed by atoms with Crippen molar-refractivity contribution in [2.45, 2.75) is 25.4 Å². The van der Waals surface area contributed by atoms with Crippen molar-refractivity contribution in [3.05, 3.63) is 22.2 Å². The maximum absolute atomic E-state index is 10.8. The number of rotatable bonds is 5. The molecule has 1 heterocycles. The molecule has 1 aromatic heterocycles. The van der Waals surface area contributed by atoms with Gasteiger partial charge in [-0.3, -0.25) is 10.1 Å². The van der Waals surface area contributed by atoms with Gasteiger partial charge in [-0.05, 0) is 25.2 Å². The molecule has 2 unspecified atom stereocenters. The molecule has 7 heteroatoms. The van der Waals surface area contributed by atoms with Gasteiger partial charge in [-0.2, -0.15) is 0 Å². The predicted octanol–water partition coefficient (Wildman–Crippen LogP) is 1.60. The van der Waals surface area contributed by atoms with E-state index in [9.17, 15) is 15.2 Å². The Labute approximate surface area is 111 Å². The minimum Gasteiger partial charge on any atom is -0.393 e. The molecule has 0 aromatic carbocycles. The lowest BCUT2D eigenvalue weighted by Gasteiger charge is -2.12. The highest BCUT2D eigenvalue weighted by Gasteiger charge is 2.22. The largest absolute Gasteiger partial charge is 0.393 e. The van der Waals surface area contributed by atoms with Gasteiger partial charge in [0.25, 0.3) is 5.69 Å². The van der Waals surface area contributed by atoms with Gasteiger partial charge in [0.2, 0.25) is 0 Å². The number of nitrogens with zero attached hydrogens (tertiary/aromatic N) is 2. The molecular weight excluding hydrogens is 248 g/mol. The molecule has 7 nitrogen and oxygen atoms in total. The van der Waals surface area contributed by atoms with Gasteiger partial charge in [-0.15, -0.1) is 0 Å². The molecule has 19 heavy (non-hydrogen) atoms. The van der Waals surface area contributed by atoms with Crippen molar-refractivity contribution in [1.29, 1.82) is 0 Å². The van der Waals surface area contributed by atoms with Crippen molar-refractivity contribution in [3.8, 4) is 0 Å². The van der Waals surface area contributed by atoms with E-state index in [0.717, 1.165) is 19.3 Å². The maximum Gasteiger partial charge on any atom is 0.276 e. The van der Waals surface area contributed by atoms with Gasteiger partial charge in [0.05, 0.1) is 23.2 Å². The molecule has 1 aromatic rings. The van der Waals surface area contributed by atoms with Crippen molar-refractivity contribution < 1.29 is 10.0 Å². The van der Waals surface area contributed by atoms with Crippen LogP contribution in [0.5, 0.6) is 0 Å². The molecule has 0 saturated heterocycles. The van der Waals surface area contributed by atoms with E-state index in [0.29, 0.717) is 24.1 Å². The van der Waals surface area contributed by atoms with E-state index in [2.05, 4.69) is 15.6 Å². The molecule has 0 radical (unpaired) electrons. The van der Waals surface area contributed by atoms with Crippen LogP contribution in [0.1, 0.15) is 19.3 Å². The Hall–Kier alpha value is -1.89. The van der Waals surface area contributed by atoms with Crippen LogP contribution in [-0.4, -0.2) is 34.7 Å². The topological polar surface area (TPSA) is 100 Å². The molecule has 0 amide bonds. The molecule has 1 fully saturated rings. The van der Waals surface area contributed by atoms with Gasteiger partial charge in [0.1, 0.15) is 11.6 Å². The Bertz CT molecular complexity index is 466. The van der Waals surface area contributed by atoms with Gasteiger partial charge in [-0.1, -0.05) is 0 Å². The number of hydrogen-bond acceptors (Lipinski definition) is 6. The van der Waals surface area contributed by atoms with Crippen LogP contribution >= 0.6 is 0 Å². The van der Waals surface area contributed by atoms with Gasteiger partial charge < -0.3 is 15.7 Å². The second-order valence-electron chi connectivity index (χ2n) is 4.82. The Balaban J connectivity index is 2.02. The van der Waals surface area contributed by atoms with Gasteiger partial charge in [0.15, 0.2) is 0 Å². The highest BCUT2D eigenvalue weighted by molar-refractivity contribution is 5.54. The Kier molecular flexibility index (Phi) is 4.16. The van der Waals surface area contributed by atoms with Crippen LogP contribution in [0.3, 0.4) is 0 Å². The molecule has 104 valence electrons. The third kappa shape index (κ3) is 3.54. The second-order valence-corrected chi connectivity index (χ2v) is 4.82. The number of pyridine rings is 1. The van der Waals surface area contributed by atoms with E-state index in [1.807, 2.05) is 0 Å². The van der Waals surface area contributed by atoms with E-state index < -0.39 is 4.92 Å². The highest BCUT2D eigenvalue weighted by atomic mass is 16.6. The molecule has 0 bridgehead atoms. The molecular formula is C12H18N4O3. The van der Waals surface area contributed by atoms with Crippen LogP contribution in [0.4, 0.5) is 17.3 Å². The molecule has 0 spiro atoms. The first kappa shape index (κ1) is 13.5. The SMILES string of the molecule is CNc1cc([N+](=O)[O-])cc(NCC2CCC(O)C2)n1. The van der Waals surface area contributed by atoms with Crippen molar-refractivity contribution >= 4 is 17.3 Å². The lowest BCUT2D eigenvalue weighted by Crippen LogP contribution is -2.14. The molecule has 3 N–H and O–H groups in total.